The third kappa shape index (κ3) is 3.05. The van der Waals surface area contributed by atoms with E-state index < -0.39 is 27.2 Å². The molecule has 4 rings (SSSR count). The first-order valence-corrected chi connectivity index (χ1v) is 10.9. The van der Waals surface area contributed by atoms with Crippen LogP contribution in [-0.2, 0) is 29.7 Å². The van der Waals surface area contributed by atoms with Crippen LogP contribution >= 0.6 is 0 Å². The van der Waals surface area contributed by atoms with E-state index in [1.54, 1.807) is 12.1 Å². The van der Waals surface area contributed by atoms with E-state index in [4.69, 9.17) is 9.47 Å². The molecule has 1 atom stereocenters. The highest BCUT2D eigenvalue weighted by Crippen LogP contribution is 2.47. The minimum Gasteiger partial charge on any atom is -0.430 e. The molecule has 0 amide bonds. The number of ether oxygens (including phenoxy) is 2. The first kappa shape index (κ1) is 18.2. The Morgan fingerprint density at radius 2 is 1.52 bits per heavy atom. The molecule has 0 saturated carbocycles. The Kier molecular flexibility index (Phi) is 4.33. The Hall–Kier alpha value is -2.22. The first-order valence-electron chi connectivity index (χ1n) is 8.97. The highest BCUT2D eigenvalue weighted by atomic mass is 32.2. The van der Waals surface area contributed by atoms with Crippen molar-refractivity contribution in [2.24, 2.45) is 0 Å². The number of sulfone groups is 1. The third-order valence-electron chi connectivity index (χ3n) is 5.23. The van der Waals surface area contributed by atoms with E-state index >= 15 is 0 Å². The fourth-order valence-electron chi connectivity index (χ4n) is 3.83. The molecule has 2 heterocycles. The van der Waals surface area contributed by atoms with Crippen LogP contribution < -0.4 is 5.32 Å². The van der Waals surface area contributed by atoms with E-state index in [9.17, 15) is 13.2 Å². The second-order valence-electron chi connectivity index (χ2n) is 7.11. The van der Waals surface area contributed by atoms with Crippen molar-refractivity contribution in [3.05, 3.63) is 65.7 Å². The molecule has 2 saturated heterocycles. The maximum atomic E-state index is 13.2. The molecular formula is C20H22NO5S+. The van der Waals surface area contributed by atoms with Crippen molar-refractivity contribution < 1.29 is 28.0 Å². The highest BCUT2D eigenvalue weighted by Gasteiger charge is 2.60. The van der Waals surface area contributed by atoms with Gasteiger partial charge in [-0.1, -0.05) is 42.5 Å². The third-order valence-corrected chi connectivity index (χ3v) is 6.36. The first-order chi connectivity index (χ1) is 12.9. The van der Waals surface area contributed by atoms with Crippen molar-refractivity contribution in [3.8, 4) is 0 Å². The number of benzene rings is 2. The van der Waals surface area contributed by atoms with Gasteiger partial charge in [0.05, 0.1) is 30.8 Å². The minimum atomic E-state index is -3.33. The Morgan fingerprint density at radius 3 is 2.11 bits per heavy atom. The van der Waals surface area contributed by atoms with Crippen molar-refractivity contribution in [2.75, 3.05) is 19.3 Å². The Morgan fingerprint density at radius 1 is 0.926 bits per heavy atom. The Labute approximate surface area is 158 Å². The zero-order valence-electron chi connectivity index (χ0n) is 15.1. The summed E-state index contributed by atoms with van der Waals surface area (Å²) in [5, 5.41) is 2.17. The van der Waals surface area contributed by atoms with Crippen molar-refractivity contribution in [1.82, 2.24) is 0 Å². The quantitative estimate of drug-likeness (QED) is 0.792. The highest BCUT2D eigenvalue weighted by molar-refractivity contribution is 7.90. The molecule has 2 aromatic rings. The predicted molar refractivity (Wildman–Crippen MR) is 97.6 cm³/mol. The van der Waals surface area contributed by atoms with Crippen LogP contribution in [0.3, 0.4) is 0 Å². The summed E-state index contributed by atoms with van der Waals surface area (Å²) in [5.74, 6) is -1.39. The smallest absolute Gasteiger partial charge is 0.350 e. The van der Waals surface area contributed by atoms with E-state index in [1.165, 1.54) is 12.1 Å². The normalized spacial score (nSPS) is 24.7. The number of rotatable bonds is 3. The summed E-state index contributed by atoms with van der Waals surface area (Å²) in [7, 11) is -3.33. The standard InChI is InChI=1S/C20H21NO5S/c1-27(23,24)17-9-7-16(8-10-17)20(15-5-3-2-4-6-15)18(22)25-19(26-20)11-13-21-14-12-19/h2-10,21H,11-14H2,1H3/p+1. The number of hydrogen-bond donors (Lipinski definition) is 1. The molecule has 0 bridgehead atoms. The Bertz CT molecular complexity index is 950. The lowest BCUT2D eigenvalue weighted by molar-refractivity contribution is -0.672. The number of nitrogens with two attached hydrogens (primary N) is 1. The molecule has 7 heteroatoms. The number of piperidine rings is 1. The molecule has 27 heavy (non-hydrogen) atoms. The summed E-state index contributed by atoms with van der Waals surface area (Å²) < 4.78 is 35.8. The average Bonchev–Trinajstić information content (AvgIpc) is 2.95. The molecule has 1 spiro atoms. The molecule has 2 aromatic carbocycles. The molecule has 0 aromatic heterocycles. The zero-order valence-corrected chi connectivity index (χ0v) is 15.9. The van der Waals surface area contributed by atoms with E-state index in [1.807, 2.05) is 30.3 Å². The number of quaternary nitrogens is 1. The number of hydrogen-bond acceptors (Lipinski definition) is 5. The fraction of sp³-hybridized carbons (Fsp3) is 0.350. The Balaban J connectivity index is 1.84. The van der Waals surface area contributed by atoms with Gasteiger partial charge >= 0.3 is 5.97 Å². The maximum absolute atomic E-state index is 13.2. The minimum absolute atomic E-state index is 0.197. The van der Waals surface area contributed by atoms with Crippen LogP contribution in [0.1, 0.15) is 24.0 Å². The summed E-state index contributed by atoms with van der Waals surface area (Å²) in [6, 6.07) is 15.5. The fourth-order valence-corrected chi connectivity index (χ4v) is 4.46. The number of esters is 1. The topological polar surface area (TPSA) is 86.3 Å². The van der Waals surface area contributed by atoms with Crippen LogP contribution in [-0.4, -0.2) is 39.5 Å². The molecule has 6 nitrogen and oxygen atoms in total. The van der Waals surface area contributed by atoms with Gasteiger partial charge in [0.1, 0.15) is 0 Å². The molecule has 2 fully saturated rings. The van der Waals surface area contributed by atoms with Crippen LogP contribution in [0.4, 0.5) is 0 Å². The molecule has 2 aliphatic rings. The molecule has 2 N–H and O–H groups in total. The van der Waals surface area contributed by atoms with Crippen LogP contribution in [0.5, 0.6) is 0 Å². The van der Waals surface area contributed by atoms with Crippen LogP contribution in [0.15, 0.2) is 59.5 Å². The zero-order chi connectivity index (χ0) is 19.1. The predicted octanol–water partition coefficient (Wildman–Crippen LogP) is 0.961. The summed E-state index contributed by atoms with van der Waals surface area (Å²) in [6.45, 7) is 1.65. The van der Waals surface area contributed by atoms with Gasteiger partial charge in [-0.15, -0.1) is 0 Å². The lowest BCUT2D eigenvalue weighted by atomic mass is 9.86. The molecule has 2 aliphatic heterocycles. The molecule has 142 valence electrons. The van der Waals surface area contributed by atoms with Crippen LogP contribution in [0, 0.1) is 0 Å². The van der Waals surface area contributed by atoms with Gasteiger partial charge in [0, 0.05) is 6.26 Å². The largest absolute Gasteiger partial charge is 0.430 e. The van der Waals surface area contributed by atoms with Crippen molar-refractivity contribution in [1.29, 1.82) is 0 Å². The van der Waals surface area contributed by atoms with E-state index in [2.05, 4.69) is 5.32 Å². The van der Waals surface area contributed by atoms with E-state index in [0.29, 0.717) is 24.0 Å². The maximum Gasteiger partial charge on any atom is 0.350 e. The molecule has 0 radical (unpaired) electrons. The van der Waals surface area contributed by atoms with E-state index in [0.717, 1.165) is 19.3 Å². The van der Waals surface area contributed by atoms with Crippen molar-refractivity contribution in [3.63, 3.8) is 0 Å². The summed E-state index contributed by atoms with van der Waals surface area (Å²) in [4.78, 5) is 13.4. The molecule has 1 unspecified atom stereocenters. The van der Waals surface area contributed by atoms with Crippen molar-refractivity contribution >= 4 is 15.8 Å². The molecule has 0 aliphatic carbocycles. The lowest BCUT2D eigenvalue weighted by Gasteiger charge is -2.32. The van der Waals surface area contributed by atoms with Crippen LogP contribution in [0.25, 0.3) is 0 Å². The van der Waals surface area contributed by atoms with E-state index in [-0.39, 0.29) is 4.90 Å². The second kappa shape index (κ2) is 6.44. The van der Waals surface area contributed by atoms with Gasteiger partial charge in [-0.2, -0.15) is 0 Å². The summed E-state index contributed by atoms with van der Waals surface area (Å²) >= 11 is 0. The van der Waals surface area contributed by atoms with Crippen molar-refractivity contribution in [2.45, 2.75) is 29.1 Å². The SMILES string of the molecule is CS(=O)(=O)c1ccc(C2(c3ccccc3)OC3(CC[NH2+]CC3)OC2=O)cc1. The lowest BCUT2D eigenvalue weighted by Crippen LogP contribution is -2.88. The monoisotopic (exact) mass is 388 g/mol. The average molecular weight is 388 g/mol. The number of carbonyl (C=O) groups is 1. The number of carbonyl (C=O) groups excluding carboxylic acids is 1. The van der Waals surface area contributed by atoms with Gasteiger partial charge in [0.15, 0.2) is 9.84 Å². The molecular weight excluding hydrogens is 366 g/mol. The summed E-state index contributed by atoms with van der Waals surface area (Å²) in [6.07, 6.45) is 2.40. The van der Waals surface area contributed by atoms with Gasteiger partial charge < -0.3 is 14.8 Å². The van der Waals surface area contributed by atoms with Crippen LogP contribution in [0.2, 0.25) is 0 Å². The van der Waals surface area contributed by atoms with Gasteiger partial charge in [-0.3, -0.25) is 0 Å². The summed E-state index contributed by atoms with van der Waals surface area (Å²) in [5.41, 5.74) is -0.152. The van der Waals surface area contributed by atoms with Gasteiger partial charge in [0.25, 0.3) is 0 Å². The second-order valence-corrected chi connectivity index (χ2v) is 9.13. The van der Waals surface area contributed by atoms with Gasteiger partial charge in [0.2, 0.25) is 11.4 Å². The van der Waals surface area contributed by atoms with Gasteiger partial charge in [-0.05, 0) is 23.3 Å². The van der Waals surface area contributed by atoms with Gasteiger partial charge in [-0.25, -0.2) is 13.2 Å².